The molecule has 100 valence electrons. The van der Waals surface area contributed by atoms with Crippen LogP contribution in [0, 0.1) is 11.8 Å². The molecule has 4 unspecified atom stereocenters. The number of rotatable bonds is 4. The minimum atomic E-state index is -0.242. The summed E-state index contributed by atoms with van der Waals surface area (Å²) >= 11 is 0. The second kappa shape index (κ2) is 5.27. The molecule has 3 nitrogen and oxygen atoms in total. The summed E-state index contributed by atoms with van der Waals surface area (Å²) in [5.74, 6) is 0.412. The molecule has 1 fully saturated rings. The average Bonchev–Trinajstić information content (AvgIpc) is 2.61. The number of carbonyl (C=O) groups is 1. The predicted molar refractivity (Wildman–Crippen MR) is 69.9 cm³/mol. The van der Waals surface area contributed by atoms with Crippen LogP contribution in [0.1, 0.15) is 39.5 Å². The van der Waals surface area contributed by atoms with Gasteiger partial charge in [-0.25, -0.2) is 4.79 Å². The molecule has 1 aliphatic carbocycles. The SMILES string of the molecule is C=C1C(=O)OC2CC(C(C)CCC(C)O)=CCC12. The highest BCUT2D eigenvalue weighted by molar-refractivity contribution is 5.91. The first kappa shape index (κ1) is 13.3. The maximum atomic E-state index is 11.5. The highest BCUT2D eigenvalue weighted by Gasteiger charge is 2.40. The second-order valence-corrected chi connectivity index (χ2v) is 5.62. The Morgan fingerprint density at radius 3 is 2.89 bits per heavy atom. The third-order valence-corrected chi connectivity index (χ3v) is 4.14. The van der Waals surface area contributed by atoms with E-state index in [9.17, 15) is 9.90 Å². The van der Waals surface area contributed by atoms with Crippen LogP contribution < -0.4 is 0 Å². The lowest BCUT2D eigenvalue weighted by Gasteiger charge is -2.27. The van der Waals surface area contributed by atoms with Crippen molar-refractivity contribution in [1.29, 1.82) is 0 Å². The smallest absolute Gasteiger partial charge is 0.334 e. The van der Waals surface area contributed by atoms with Crippen LogP contribution in [0.15, 0.2) is 23.8 Å². The minimum absolute atomic E-state index is 0.000926. The first-order chi connectivity index (χ1) is 8.49. The number of fused-ring (bicyclic) bond motifs is 1. The van der Waals surface area contributed by atoms with Gasteiger partial charge in [-0.15, -0.1) is 0 Å². The third kappa shape index (κ3) is 2.66. The molecule has 0 aromatic rings. The van der Waals surface area contributed by atoms with E-state index in [-0.39, 0.29) is 24.1 Å². The molecule has 0 bridgehead atoms. The second-order valence-electron chi connectivity index (χ2n) is 5.62. The summed E-state index contributed by atoms with van der Waals surface area (Å²) in [6.07, 6.45) is 5.49. The summed E-state index contributed by atoms with van der Waals surface area (Å²) in [5.41, 5.74) is 1.99. The van der Waals surface area contributed by atoms with Gasteiger partial charge in [-0.2, -0.15) is 0 Å². The molecule has 4 atom stereocenters. The molecule has 3 heteroatoms. The van der Waals surface area contributed by atoms with Crippen molar-refractivity contribution in [2.45, 2.75) is 51.7 Å². The number of esters is 1. The van der Waals surface area contributed by atoms with Gasteiger partial charge >= 0.3 is 5.97 Å². The summed E-state index contributed by atoms with van der Waals surface area (Å²) in [7, 11) is 0. The van der Waals surface area contributed by atoms with E-state index in [0.29, 0.717) is 11.5 Å². The standard InChI is InChI=1S/C15H22O3/c1-9(4-5-10(2)16)12-6-7-13-11(3)15(17)18-14(13)8-12/h6,9-10,13-14,16H,3-5,7-8H2,1-2H3. The van der Waals surface area contributed by atoms with E-state index in [1.807, 2.05) is 6.92 Å². The van der Waals surface area contributed by atoms with Crippen molar-refractivity contribution in [2.24, 2.45) is 11.8 Å². The molecule has 0 spiro atoms. The van der Waals surface area contributed by atoms with E-state index in [1.165, 1.54) is 5.57 Å². The van der Waals surface area contributed by atoms with Crippen LogP contribution in [-0.4, -0.2) is 23.3 Å². The molecule has 18 heavy (non-hydrogen) atoms. The van der Waals surface area contributed by atoms with E-state index in [4.69, 9.17) is 4.74 Å². The van der Waals surface area contributed by atoms with E-state index >= 15 is 0 Å². The highest BCUT2D eigenvalue weighted by atomic mass is 16.6. The first-order valence-corrected chi connectivity index (χ1v) is 6.75. The number of hydrogen-bond acceptors (Lipinski definition) is 3. The molecule has 1 saturated heterocycles. The average molecular weight is 250 g/mol. The molecule has 1 N–H and O–H groups in total. The quantitative estimate of drug-likeness (QED) is 0.474. The van der Waals surface area contributed by atoms with Gasteiger partial charge in [-0.1, -0.05) is 25.2 Å². The Labute approximate surface area is 109 Å². The van der Waals surface area contributed by atoms with Gasteiger partial charge in [-0.3, -0.25) is 0 Å². The lowest BCUT2D eigenvalue weighted by Crippen LogP contribution is -2.23. The normalized spacial score (nSPS) is 30.5. The summed E-state index contributed by atoms with van der Waals surface area (Å²) in [5, 5.41) is 9.32. The van der Waals surface area contributed by atoms with Crippen molar-refractivity contribution in [3.05, 3.63) is 23.8 Å². The topological polar surface area (TPSA) is 46.5 Å². The van der Waals surface area contributed by atoms with Gasteiger partial charge < -0.3 is 9.84 Å². The number of allylic oxidation sites excluding steroid dienone is 1. The summed E-state index contributed by atoms with van der Waals surface area (Å²) < 4.78 is 5.35. The van der Waals surface area contributed by atoms with Crippen LogP contribution in [0.2, 0.25) is 0 Å². The van der Waals surface area contributed by atoms with Gasteiger partial charge in [0.05, 0.1) is 6.10 Å². The molecular formula is C15H22O3. The largest absolute Gasteiger partial charge is 0.458 e. The zero-order valence-electron chi connectivity index (χ0n) is 11.2. The molecule has 0 aromatic carbocycles. The molecule has 0 radical (unpaired) electrons. The lowest BCUT2D eigenvalue weighted by atomic mass is 9.79. The molecular weight excluding hydrogens is 228 g/mol. The molecule has 1 aliphatic heterocycles. The van der Waals surface area contributed by atoms with Crippen molar-refractivity contribution in [3.8, 4) is 0 Å². The van der Waals surface area contributed by atoms with Crippen LogP contribution in [-0.2, 0) is 9.53 Å². The van der Waals surface area contributed by atoms with Crippen molar-refractivity contribution in [2.75, 3.05) is 0 Å². The molecule has 0 aromatic heterocycles. The number of aliphatic hydroxyl groups is 1. The fourth-order valence-corrected chi connectivity index (χ4v) is 2.82. The summed E-state index contributed by atoms with van der Waals surface area (Å²) in [6.45, 7) is 7.81. The fraction of sp³-hybridized carbons (Fsp3) is 0.667. The Morgan fingerprint density at radius 1 is 1.50 bits per heavy atom. The van der Waals surface area contributed by atoms with Crippen LogP contribution in [0.25, 0.3) is 0 Å². The Bertz CT molecular complexity index is 381. The minimum Gasteiger partial charge on any atom is -0.458 e. The van der Waals surface area contributed by atoms with Crippen molar-refractivity contribution in [3.63, 3.8) is 0 Å². The number of ether oxygens (including phenoxy) is 1. The monoisotopic (exact) mass is 250 g/mol. The molecule has 0 amide bonds. The van der Waals surface area contributed by atoms with Gasteiger partial charge in [0.1, 0.15) is 6.10 Å². The number of hydrogen-bond donors (Lipinski definition) is 1. The summed E-state index contributed by atoms with van der Waals surface area (Å²) in [4.78, 5) is 11.5. The first-order valence-electron chi connectivity index (χ1n) is 6.75. The molecule has 1 heterocycles. The maximum Gasteiger partial charge on any atom is 0.334 e. The highest BCUT2D eigenvalue weighted by Crippen LogP contribution is 2.39. The van der Waals surface area contributed by atoms with Crippen LogP contribution >= 0.6 is 0 Å². The van der Waals surface area contributed by atoms with Crippen molar-refractivity contribution >= 4 is 5.97 Å². The van der Waals surface area contributed by atoms with Crippen molar-refractivity contribution < 1.29 is 14.6 Å². The van der Waals surface area contributed by atoms with Crippen molar-refractivity contribution in [1.82, 2.24) is 0 Å². The van der Waals surface area contributed by atoms with Crippen LogP contribution in [0.3, 0.4) is 0 Å². The van der Waals surface area contributed by atoms with E-state index in [1.54, 1.807) is 0 Å². The zero-order valence-corrected chi connectivity index (χ0v) is 11.2. The van der Waals surface area contributed by atoms with Gasteiger partial charge in [0.2, 0.25) is 0 Å². The summed E-state index contributed by atoms with van der Waals surface area (Å²) in [6, 6.07) is 0. The molecule has 2 rings (SSSR count). The van der Waals surface area contributed by atoms with Gasteiger partial charge in [-0.05, 0) is 32.1 Å². The number of aliphatic hydroxyl groups excluding tert-OH is 1. The van der Waals surface area contributed by atoms with Gasteiger partial charge in [0.25, 0.3) is 0 Å². The third-order valence-electron chi connectivity index (χ3n) is 4.14. The zero-order chi connectivity index (χ0) is 13.3. The fourth-order valence-electron chi connectivity index (χ4n) is 2.82. The Morgan fingerprint density at radius 2 is 2.22 bits per heavy atom. The van der Waals surface area contributed by atoms with E-state index < -0.39 is 0 Å². The van der Waals surface area contributed by atoms with Gasteiger partial charge in [0.15, 0.2) is 0 Å². The number of carbonyl (C=O) groups excluding carboxylic acids is 1. The Kier molecular flexibility index (Phi) is 3.91. The van der Waals surface area contributed by atoms with E-state index in [2.05, 4.69) is 19.6 Å². The Balaban J connectivity index is 1.95. The Hall–Kier alpha value is -1.09. The van der Waals surface area contributed by atoms with Gasteiger partial charge in [0, 0.05) is 17.9 Å². The predicted octanol–water partition coefficient (Wildman–Crippen LogP) is 2.60. The molecule has 0 saturated carbocycles. The maximum absolute atomic E-state index is 11.5. The van der Waals surface area contributed by atoms with Crippen LogP contribution in [0.4, 0.5) is 0 Å². The van der Waals surface area contributed by atoms with E-state index in [0.717, 1.165) is 25.7 Å². The molecule has 2 aliphatic rings. The van der Waals surface area contributed by atoms with Crippen LogP contribution in [0.5, 0.6) is 0 Å². The lowest BCUT2D eigenvalue weighted by molar-refractivity contribution is -0.139.